The number of carbonyl (C=O) groups excluding carboxylic acids is 1. The molecule has 0 bridgehead atoms. The number of carbonyl (C=O) groups is 1. The van der Waals surface area contributed by atoms with Crippen LogP contribution in [0.15, 0.2) is 42.5 Å². The predicted molar refractivity (Wildman–Crippen MR) is 92.1 cm³/mol. The quantitative estimate of drug-likeness (QED) is 0.642. The molecule has 0 spiro atoms. The van der Waals surface area contributed by atoms with Gasteiger partial charge in [-0.1, -0.05) is 18.2 Å². The molecule has 0 radical (unpaired) electrons. The van der Waals surface area contributed by atoms with E-state index >= 15 is 0 Å². The zero-order valence-corrected chi connectivity index (χ0v) is 13.6. The van der Waals surface area contributed by atoms with Crippen molar-refractivity contribution in [2.24, 2.45) is 5.73 Å². The number of amides is 1. The first-order valence-corrected chi connectivity index (χ1v) is 8.06. The van der Waals surface area contributed by atoms with Crippen LogP contribution in [0.1, 0.15) is 40.4 Å². The van der Waals surface area contributed by atoms with E-state index in [0.29, 0.717) is 12.1 Å². The monoisotopic (exact) mass is 341 g/mol. The van der Waals surface area contributed by atoms with Crippen LogP contribution in [0.5, 0.6) is 5.75 Å². The standard InChI is InChI=1S/C18H19N3O4/c19-18(23)13-3-4-14(17(10-13)21(24)25)11-20-9-1-2-16(20)12-5-7-15(22)8-6-12/h3-8,10,16,22H,1-2,9,11H2,(H2,19,23)/t16-/m1/s1. The molecule has 0 unspecified atom stereocenters. The molecule has 2 aromatic rings. The van der Waals surface area contributed by atoms with Gasteiger partial charge in [0.15, 0.2) is 0 Å². The lowest BCUT2D eigenvalue weighted by Gasteiger charge is -2.25. The molecule has 1 heterocycles. The second-order valence-corrected chi connectivity index (χ2v) is 6.18. The molecule has 1 atom stereocenters. The molecule has 1 aliphatic heterocycles. The lowest BCUT2D eigenvalue weighted by molar-refractivity contribution is -0.385. The number of hydrogen-bond donors (Lipinski definition) is 2. The maximum absolute atomic E-state index is 11.4. The SMILES string of the molecule is NC(=O)c1ccc(CN2CCC[C@@H]2c2ccc(O)cc2)c([N+](=O)[O-])c1. The van der Waals surface area contributed by atoms with Gasteiger partial charge in [0, 0.05) is 29.8 Å². The lowest BCUT2D eigenvalue weighted by Crippen LogP contribution is -2.23. The zero-order valence-electron chi connectivity index (χ0n) is 13.6. The predicted octanol–water partition coefficient (Wildman–Crippen LogP) is 2.74. The summed E-state index contributed by atoms with van der Waals surface area (Å²) in [4.78, 5) is 24.3. The highest BCUT2D eigenvalue weighted by Gasteiger charge is 2.28. The van der Waals surface area contributed by atoms with Crippen molar-refractivity contribution in [1.82, 2.24) is 4.90 Å². The fraction of sp³-hybridized carbons (Fsp3) is 0.278. The number of nitrogens with two attached hydrogens (primary N) is 1. The van der Waals surface area contributed by atoms with Crippen LogP contribution in [0.2, 0.25) is 0 Å². The number of likely N-dealkylation sites (tertiary alicyclic amines) is 1. The molecule has 2 aromatic carbocycles. The van der Waals surface area contributed by atoms with Gasteiger partial charge in [-0.2, -0.15) is 0 Å². The first-order chi connectivity index (χ1) is 12.0. The molecule has 0 aliphatic carbocycles. The number of benzene rings is 2. The third kappa shape index (κ3) is 3.61. The van der Waals surface area contributed by atoms with E-state index in [0.717, 1.165) is 24.9 Å². The van der Waals surface area contributed by atoms with E-state index in [-0.39, 0.29) is 23.0 Å². The van der Waals surface area contributed by atoms with Gasteiger partial charge in [0.25, 0.3) is 5.69 Å². The molecule has 1 saturated heterocycles. The number of rotatable bonds is 5. The topological polar surface area (TPSA) is 110 Å². The highest BCUT2D eigenvalue weighted by atomic mass is 16.6. The lowest BCUT2D eigenvalue weighted by atomic mass is 10.0. The first-order valence-electron chi connectivity index (χ1n) is 8.06. The number of aromatic hydroxyl groups is 1. The fourth-order valence-corrected chi connectivity index (χ4v) is 3.33. The minimum atomic E-state index is -0.683. The largest absolute Gasteiger partial charge is 0.508 e. The summed E-state index contributed by atoms with van der Waals surface area (Å²) in [6.07, 6.45) is 1.96. The van der Waals surface area contributed by atoms with Crippen LogP contribution in [0.3, 0.4) is 0 Å². The van der Waals surface area contributed by atoms with Crippen molar-refractivity contribution >= 4 is 11.6 Å². The van der Waals surface area contributed by atoms with Gasteiger partial charge in [-0.15, -0.1) is 0 Å². The average Bonchev–Trinajstić information content (AvgIpc) is 3.03. The van der Waals surface area contributed by atoms with E-state index in [1.807, 2.05) is 12.1 Å². The minimum Gasteiger partial charge on any atom is -0.508 e. The Kier molecular flexibility index (Phi) is 4.67. The molecule has 25 heavy (non-hydrogen) atoms. The van der Waals surface area contributed by atoms with Gasteiger partial charge in [0.2, 0.25) is 5.91 Å². The third-order valence-electron chi connectivity index (χ3n) is 4.58. The summed E-state index contributed by atoms with van der Waals surface area (Å²) < 4.78 is 0. The molecule has 7 nitrogen and oxygen atoms in total. The number of nitro benzene ring substituents is 1. The number of phenolic OH excluding ortho intramolecular Hbond substituents is 1. The van der Waals surface area contributed by atoms with Crippen molar-refractivity contribution in [3.63, 3.8) is 0 Å². The van der Waals surface area contributed by atoms with Gasteiger partial charge < -0.3 is 10.8 Å². The molecule has 3 N–H and O–H groups in total. The van der Waals surface area contributed by atoms with Crippen LogP contribution in [0, 0.1) is 10.1 Å². The Balaban J connectivity index is 1.86. The summed E-state index contributed by atoms with van der Waals surface area (Å²) in [5, 5.41) is 20.8. The second-order valence-electron chi connectivity index (χ2n) is 6.18. The smallest absolute Gasteiger partial charge is 0.274 e. The molecular weight excluding hydrogens is 322 g/mol. The van der Waals surface area contributed by atoms with Crippen LogP contribution in [0.4, 0.5) is 5.69 Å². The number of hydrogen-bond acceptors (Lipinski definition) is 5. The van der Waals surface area contributed by atoms with Crippen LogP contribution in [-0.2, 0) is 6.54 Å². The van der Waals surface area contributed by atoms with Crippen LogP contribution < -0.4 is 5.73 Å². The summed E-state index contributed by atoms with van der Waals surface area (Å²) in [5.74, 6) is -0.469. The number of nitrogens with zero attached hydrogens (tertiary/aromatic N) is 2. The maximum atomic E-state index is 11.4. The van der Waals surface area contributed by atoms with Gasteiger partial charge in [-0.3, -0.25) is 19.8 Å². The Labute approximate surface area is 144 Å². The Bertz CT molecular complexity index is 804. The second kappa shape index (κ2) is 6.90. The van der Waals surface area contributed by atoms with Crippen molar-refractivity contribution < 1.29 is 14.8 Å². The molecule has 0 saturated carbocycles. The van der Waals surface area contributed by atoms with E-state index in [2.05, 4.69) is 4.90 Å². The van der Waals surface area contributed by atoms with Gasteiger partial charge in [-0.05, 0) is 43.1 Å². The van der Waals surface area contributed by atoms with E-state index < -0.39 is 10.8 Å². The Morgan fingerprint density at radius 2 is 2.00 bits per heavy atom. The Morgan fingerprint density at radius 3 is 2.64 bits per heavy atom. The van der Waals surface area contributed by atoms with E-state index in [4.69, 9.17) is 5.73 Å². The summed E-state index contributed by atoms with van der Waals surface area (Å²) >= 11 is 0. The van der Waals surface area contributed by atoms with E-state index in [1.165, 1.54) is 12.1 Å². The summed E-state index contributed by atoms with van der Waals surface area (Å²) in [6, 6.07) is 11.6. The summed E-state index contributed by atoms with van der Waals surface area (Å²) in [6.45, 7) is 1.25. The fourth-order valence-electron chi connectivity index (χ4n) is 3.33. The number of nitro groups is 1. The third-order valence-corrected chi connectivity index (χ3v) is 4.58. The summed E-state index contributed by atoms with van der Waals surface area (Å²) in [5.41, 5.74) is 6.89. The molecule has 1 amide bonds. The first kappa shape index (κ1) is 16.9. The zero-order chi connectivity index (χ0) is 18.0. The highest BCUT2D eigenvalue weighted by molar-refractivity contribution is 5.93. The normalized spacial score (nSPS) is 17.5. The van der Waals surface area contributed by atoms with E-state index in [9.17, 15) is 20.0 Å². The Hall–Kier alpha value is -2.93. The van der Waals surface area contributed by atoms with Gasteiger partial charge in [-0.25, -0.2) is 0 Å². The molecule has 3 rings (SSSR count). The van der Waals surface area contributed by atoms with Crippen LogP contribution in [-0.4, -0.2) is 27.4 Å². The number of primary amides is 1. The van der Waals surface area contributed by atoms with Crippen LogP contribution >= 0.6 is 0 Å². The molecule has 130 valence electrons. The van der Waals surface area contributed by atoms with Gasteiger partial charge in [0.05, 0.1) is 4.92 Å². The molecule has 0 aromatic heterocycles. The highest BCUT2D eigenvalue weighted by Crippen LogP contribution is 2.35. The van der Waals surface area contributed by atoms with Crippen molar-refractivity contribution in [1.29, 1.82) is 0 Å². The molecule has 7 heteroatoms. The van der Waals surface area contributed by atoms with Crippen molar-refractivity contribution in [3.8, 4) is 5.75 Å². The molecular formula is C18H19N3O4. The van der Waals surface area contributed by atoms with E-state index in [1.54, 1.807) is 18.2 Å². The van der Waals surface area contributed by atoms with Crippen molar-refractivity contribution in [3.05, 3.63) is 69.3 Å². The van der Waals surface area contributed by atoms with Crippen LogP contribution in [0.25, 0.3) is 0 Å². The average molecular weight is 341 g/mol. The van der Waals surface area contributed by atoms with Crippen molar-refractivity contribution in [2.45, 2.75) is 25.4 Å². The summed E-state index contributed by atoms with van der Waals surface area (Å²) in [7, 11) is 0. The number of phenols is 1. The van der Waals surface area contributed by atoms with Crippen molar-refractivity contribution in [2.75, 3.05) is 6.54 Å². The van der Waals surface area contributed by atoms with Gasteiger partial charge >= 0.3 is 0 Å². The Morgan fingerprint density at radius 1 is 1.28 bits per heavy atom. The minimum absolute atomic E-state index is 0.0901. The van der Waals surface area contributed by atoms with Gasteiger partial charge in [0.1, 0.15) is 5.75 Å². The molecule has 1 fully saturated rings. The molecule has 1 aliphatic rings. The maximum Gasteiger partial charge on any atom is 0.274 e.